The fourth-order valence-corrected chi connectivity index (χ4v) is 2.16. The Balaban J connectivity index is 1.82. The highest BCUT2D eigenvalue weighted by Crippen LogP contribution is 2.26. The second-order valence-electron chi connectivity index (χ2n) is 4.52. The molecule has 0 fully saturated rings. The van der Waals surface area contributed by atoms with Gasteiger partial charge in [-0.25, -0.2) is 4.79 Å². The maximum absolute atomic E-state index is 11.3. The summed E-state index contributed by atoms with van der Waals surface area (Å²) in [6.45, 7) is 0.481. The van der Waals surface area contributed by atoms with Gasteiger partial charge in [-0.2, -0.15) is 0 Å². The van der Waals surface area contributed by atoms with E-state index in [-0.39, 0.29) is 12.4 Å². The zero-order valence-electron chi connectivity index (χ0n) is 11.2. The number of hydrogen-bond donors (Lipinski definition) is 1. The van der Waals surface area contributed by atoms with E-state index >= 15 is 0 Å². The summed E-state index contributed by atoms with van der Waals surface area (Å²) in [5.74, 6) is -1.17. The summed E-state index contributed by atoms with van der Waals surface area (Å²) in [6, 6.07) is 12.8. The van der Waals surface area contributed by atoms with Gasteiger partial charge in [0.05, 0.1) is 18.9 Å². The predicted molar refractivity (Wildman–Crippen MR) is 75.9 cm³/mol. The third-order valence-corrected chi connectivity index (χ3v) is 3.12. The molecule has 0 aliphatic heterocycles. The van der Waals surface area contributed by atoms with E-state index in [1.54, 1.807) is 18.3 Å². The van der Waals surface area contributed by atoms with E-state index in [9.17, 15) is 9.90 Å². The smallest absolute Gasteiger partial charge is 0.372 e. The van der Waals surface area contributed by atoms with Crippen molar-refractivity contribution in [1.29, 1.82) is 0 Å². The van der Waals surface area contributed by atoms with Gasteiger partial charge in [0, 0.05) is 17.1 Å². The number of aromatic carboxylic acids is 1. The Bertz CT molecular complexity index is 764. The normalized spacial score (nSPS) is 10.9. The van der Waals surface area contributed by atoms with Crippen molar-refractivity contribution >= 4 is 16.9 Å². The van der Waals surface area contributed by atoms with Crippen molar-refractivity contribution in [2.45, 2.75) is 13.2 Å². The topological polar surface area (TPSA) is 72.6 Å². The zero-order chi connectivity index (χ0) is 14.7. The summed E-state index contributed by atoms with van der Waals surface area (Å²) in [5.41, 5.74) is 1.89. The standard InChI is InChI=1S/C16H13NO4/c18-16(19)15-13(12-6-1-2-7-14(12)21-15)10-20-9-11-5-3-4-8-17-11/h1-8H,9-10H2,(H,18,19). The monoisotopic (exact) mass is 283 g/mol. The van der Waals surface area contributed by atoms with Crippen LogP contribution in [0.3, 0.4) is 0 Å². The minimum absolute atomic E-state index is 0.0720. The third kappa shape index (κ3) is 2.78. The molecule has 0 amide bonds. The Morgan fingerprint density at radius 1 is 1.14 bits per heavy atom. The number of carboxylic acid groups (broad SMARTS) is 1. The van der Waals surface area contributed by atoms with Gasteiger partial charge < -0.3 is 14.3 Å². The van der Waals surface area contributed by atoms with Gasteiger partial charge in [-0.15, -0.1) is 0 Å². The first-order valence-electron chi connectivity index (χ1n) is 6.47. The Kier molecular flexibility index (Phi) is 3.66. The molecule has 0 unspecified atom stereocenters. The largest absolute Gasteiger partial charge is 0.475 e. The summed E-state index contributed by atoms with van der Waals surface area (Å²) in [7, 11) is 0. The van der Waals surface area contributed by atoms with E-state index < -0.39 is 5.97 Å². The second-order valence-corrected chi connectivity index (χ2v) is 4.52. The molecule has 0 saturated heterocycles. The van der Waals surface area contributed by atoms with Crippen LogP contribution in [0.15, 0.2) is 53.1 Å². The highest BCUT2D eigenvalue weighted by atomic mass is 16.5. The van der Waals surface area contributed by atoms with E-state index in [4.69, 9.17) is 9.15 Å². The first-order valence-corrected chi connectivity index (χ1v) is 6.47. The molecule has 21 heavy (non-hydrogen) atoms. The summed E-state index contributed by atoms with van der Waals surface area (Å²) in [6.07, 6.45) is 1.69. The highest BCUT2D eigenvalue weighted by molar-refractivity contribution is 5.94. The number of hydrogen-bond acceptors (Lipinski definition) is 4. The van der Waals surface area contributed by atoms with Crippen molar-refractivity contribution < 1.29 is 19.1 Å². The number of benzene rings is 1. The van der Waals surface area contributed by atoms with Crippen LogP contribution in [0.25, 0.3) is 11.0 Å². The van der Waals surface area contributed by atoms with Crippen molar-refractivity contribution in [3.63, 3.8) is 0 Å². The quantitative estimate of drug-likeness (QED) is 0.778. The minimum Gasteiger partial charge on any atom is -0.475 e. The van der Waals surface area contributed by atoms with Crippen LogP contribution in [0.1, 0.15) is 21.8 Å². The fraction of sp³-hybridized carbons (Fsp3) is 0.125. The number of furan rings is 1. The Morgan fingerprint density at radius 2 is 1.95 bits per heavy atom. The minimum atomic E-state index is -1.09. The van der Waals surface area contributed by atoms with Gasteiger partial charge in [0.15, 0.2) is 0 Å². The number of aromatic nitrogens is 1. The number of pyridine rings is 1. The van der Waals surface area contributed by atoms with Crippen molar-refractivity contribution in [2.24, 2.45) is 0 Å². The fourth-order valence-electron chi connectivity index (χ4n) is 2.16. The number of carbonyl (C=O) groups is 1. The summed E-state index contributed by atoms with van der Waals surface area (Å²) in [5, 5.41) is 9.98. The van der Waals surface area contributed by atoms with Crippen LogP contribution < -0.4 is 0 Å². The molecular weight excluding hydrogens is 270 g/mol. The molecule has 0 bridgehead atoms. The Hall–Kier alpha value is -2.66. The molecular formula is C16H13NO4. The summed E-state index contributed by atoms with van der Waals surface area (Å²) < 4.78 is 10.9. The number of fused-ring (bicyclic) bond motifs is 1. The van der Waals surface area contributed by atoms with Gasteiger partial charge in [0.2, 0.25) is 5.76 Å². The van der Waals surface area contributed by atoms with E-state index in [1.165, 1.54) is 0 Å². The van der Waals surface area contributed by atoms with E-state index in [1.807, 2.05) is 30.3 Å². The van der Waals surface area contributed by atoms with Crippen molar-refractivity contribution in [1.82, 2.24) is 4.98 Å². The van der Waals surface area contributed by atoms with Gasteiger partial charge >= 0.3 is 5.97 Å². The van der Waals surface area contributed by atoms with Crippen molar-refractivity contribution in [2.75, 3.05) is 0 Å². The molecule has 3 aromatic rings. The first kappa shape index (κ1) is 13.3. The van der Waals surface area contributed by atoms with Crippen LogP contribution in [0.4, 0.5) is 0 Å². The van der Waals surface area contributed by atoms with E-state index in [2.05, 4.69) is 4.98 Å². The van der Waals surface area contributed by atoms with Crippen LogP contribution in [0.2, 0.25) is 0 Å². The summed E-state index contributed by atoms with van der Waals surface area (Å²) in [4.78, 5) is 15.4. The molecule has 1 N–H and O–H groups in total. The lowest BCUT2D eigenvalue weighted by molar-refractivity contribution is 0.0648. The molecule has 2 aromatic heterocycles. The second kappa shape index (κ2) is 5.76. The maximum atomic E-state index is 11.3. The lowest BCUT2D eigenvalue weighted by Gasteiger charge is -2.03. The molecule has 0 saturated carbocycles. The van der Waals surface area contributed by atoms with Gasteiger partial charge in [0.25, 0.3) is 0 Å². The molecule has 0 radical (unpaired) electrons. The van der Waals surface area contributed by atoms with Crippen LogP contribution in [-0.2, 0) is 18.0 Å². The van der Waals surface area contributed by atoms with Gasteiger partial charge in [0.1, 0.15) is 5.58 Å². The van der Waals surface area contributed by atoms with E-state index in [0.29, 0.717) is 17.8 Å². The number of para-hydroxylation sites is 1. The predicted octanol–water partition coefficient (Wildman–Crippen LogP) is 3.24. The molecule has 1 aromatic carbocycles. The Labute approximate surface area is 120 Å². The Morgan fingerprint density at radius 3 is 2.71 bits per heavy atom. The lowest BCUT2D eigenvalue weighted by atomic mass is 10.1. The van der Waals surface area contributed by atoms with Gasteiger partial charge in [-0.1, -0.05) is 24.3 Å². The SMILES string of the molecule is O=C(O)c1oc2ccccc2c1COCc1ccccn1. The van der Waals surface area contributed by atoms with Crippen LogP contribution in [0.5, 0.6) is 0 Å². The lowest BCUT2D eigenvalue weighted by Crippen LogP contribution is -2.02. The van der Waals surface area contributed by atoms with Crippen LogP contribution >= 0.6 is 0 Å². The molecule has 0 spiro atoms. The van der Waals surface area contributed by atoms with Gasteiger partial charge in [-0.3, -0.25) is 4.98 Å². The number of carboxylic acids is 1. The van der Waals surface area contributed by atoms with Crippen LogP contribution in [-0.4, -0.2) is 16.1 Å². The van der Waals surface area contributed by atoms with E-state index in [0.717, 1.165) is 11.1 Å². The highest BCUT2D eigenvalue weighted by Gasteiger charge is 2.19. The molecule has 0 aliphatic rings. The molecule has 0 aliphatic carbocycles. The number of nitrogens with zero attached hydrogens (tertiary/aromatic N) is 1. The number of ether oxygens (including phenoxy) is 1. The third-order valence-electron chi connectivity index (χ3n) is 3.12. The van der Waals surface area contributed by atoms with Crippen LogP contribution in [0, 0.1) is 0 Å². The van der Waals surface area contributed by atoms with Crippen molar-refractivity contribution in [3.05, 3.63) is 65.7 Å². The summed E-state index contributed by atoms with van der Waals surface area (Å²) >= 11 is 0. The molecule has 5 nitrogen and oxygen atoms in total. The molecule has 2 heterocycles. The van der Waals surface area contributed by atoms with Gasteiger partial charge in [-0.05, 0) is 18.2 Å². The molecule has 106 valence electrons. The maximum Gasteiger partial charge on any atom is 0.372 e. The average Bonchev–Trinajstić information content (AvgIpc) is 2.88. The number of rotatable bonds is 5. The first-order chi connectivity index (χ1) is 10.3. The molecule has 0 atom stereocenters. The molecule has 5 heteroatoms. The van der Waals surface area contributed by atoms with Crippen molar-refractivity contribution in [3.8, 4) is 0 Å². The zero-order valence-corrected chi connectivity index (χ0v) is 11.2. The average molecular weight is 283 g/mol. The molecule has 3 rings (SSSR count).